The van der Waals surface area contributed by atoms with E-state index in [0.29, 0.717) is 39.4 Å². The van der Waals surface area contributed by atoms with E-state index in [0.717, 1.165) is 4.90 Å². The fourth-order valence-corrected chi connectivity index (χ4v) is 9.25. The van der Waals surface area contributed by atoms with Gasteiger partial charge in [0.15, 0.2) is 15.3 Å². The first-order valence-electron chi connectivity index (χ1n) is 14.7. The van der Waals surface area contributed by atoms with Gasteiger partial charge in [-0.2, -0.15) is 0 Å². The highest BCUT2D eigenvalue weighted by Crippen LogP contribution is 2.66. The number of likely N-dealkylation sites (tertiary alicyclic amines) is 1. The maximum Gasteiger partial charge on any atom is 0.254 e. The van der Waals surface area contributed by atoms with Crippen molar-refractivity contribution in [1.82, 2.24) is 9.88 Å². The van der Waals surface area contributed by atoms with Crippen LogP contribution in [-0.2, 0) is 19.2 Å². The van der Waals surface area contributed by atoms with Gasteiger partial charge >= 0.3 is 0 Å². The Balaban J connectivity index is 1.18. The number of carbonyl (C=O) groups is 4. The van der Waals surface area contributed by atoms with Gasteiger partial charge in [0.1, 0.15) is 11.3 Å². The number of amides is 4. The van der Waals surface area contributed by atoms with Gasteiger partial charge in [0, 0.05) is 17.0 Å². The predicted molar refractivity (Wildman–Crippen MR) is 173 cm³/mol. The Morgan fingerprint density at radius 2 is 1.63 bits per heavy atom. The van der Waals surface area contributed by atoms with Crippen molar-refractivity contribution < 1.29 is 28.7 Å². The fourth-order valence-electron chi connectivity index (χ4n) is 7.83. The highest BCUT2D eigenvalue weighted by molar-refractivity contribution is 9.09. The van der Waals surface area contributed by atoms with Crippen molar-refractivity contribution in [3.05, 3.63) is 90.0 Å². The lowest BCUT2D eigenvalue weighted by Gasteiger charge is -2.50. The van der Waals surface area contributed by atoms with Gasteiger partial charge in [0.2, 0.25) is 17.7 Å². The van der Waals surface area contributed by atoms with Gasteiger partial charge in [-0.3, -0.25) is 29.0 Å². The number of benzene rings is 3. The van der Waals surface area contributed by atoms with Crippen molar-refractivity contribution in [1.29, 1.82) is 0 Å². The van der Waals surface area contributed by atoms with Crippen LogP contribution in [0, 0.1) is 17.8 Å². The van der Waals surface area contributed by atoms with E-state index in [1.165, 1.54) is 11.0 Å². The Morgan fingerprint density at radius 3 is 2.35 bits per heavy atom. The average molecular weight is 721 g/mol. The highest BCUT2D eigenvalue weighted by atomic mass is 79.9. The van der Waals surface area contributed by atoms with Crippen LogP contribution in [0.3, 0.4) is 0 Å². The van der Waals surface area contributed by atoms with E-state index in [2.05, 4.69) is 20.9 Å². The van der Waals surface area contributed by atoms with Crippen LogP contribution in [-0.4, -0.2) is 53.8 Å². The summed E-state index contributed by atoms with van der Waals surface area (Å²) < 4.78 is 5.87. The molecule has 4 aromatic rings. The quantitative estimate of drug-likeness (QED) is 0.117. The van der Waals surface area contributed by atoms with Gasteiger partial charge < -0.3 is 9.52 Å². The van der Waals surface area contributed by atoms with Crippen molar-refractivity contribution in [2.45, 2.75) is 28.5 Å². The molecule has 6 atom stereocenters. The summed E-state index contributed by atoms with van der Waals surface area (Å²) >= 11 is 17.7. The minimum absolute atomic E-state index is 0.123. The molecule has 4 amide bonds. The summed E-state index contributed by atoms with van der Waals surface area (Å²) in [5.74, 6) is -5.14. The summed E-state index contributed by atoms with van der Waals surface area (Å²) in [6.45, 7) is 0. The standard InChI is InChI=1S/C34H24BrCl2N3O6/c35-16-39-31(44)33(36)15-22-19(27(34(33,37)32(39)45)20-5-1-3-7-24(20)41)13-14-21-26(22)30(43)40(29(21)42)18-11-9-17(10-12-18)28-38-23-6-2-4-8-25(23)46-28/h1-13,21-22,26-27,41H,14-16H2. The second-order valence-electron chi connectivity index (χ2n) is 12.1. The van der Waals surface area contributed by atoms with Gasteiger partial charge in [0.25, 0.3) is 11.8 Å². The number of oxazole rings is 1. The average Bonchev–Trinajstić information content (AvgIpc) is 3.65. The smallest absolute Gasteiger partial charge is 0.254 e. The molecule has 1 N–H and O–H groups in total. The number of halogens is 3. The van der Waals surface area contributed by atoms with E-state index >= 15 is 0 Å². The van der Waals surface area contributed by atoms with Crippen molar-refractivity contribution in [3.63, 3.8) is 0 Å². The van der Waals surface area contributed by atoms with Crippen LogP contribution in [0.2, 0.25) is 0 Å². The van der Waals surface area contributed by atoms with Gasteiger partial charge in [-0.15, -0.1) is 23.2 Å². The van der Waals surface area contributed by atoms with Crippen molar-refractivity contribution in [2.75, 3.05) is 10.4 Å². The third-order valence-corrected chi connectivity index (χ3v) is 11.8. The molecule has 232 valence electrons. The molecule has 46 heavy (non-hydrogen) atoms. The lowest BCUT2D eigenvalue weighted by Crippen LogP contribution is -2.60. The summed E-state index contributed by atoms with van der Waals surface area (Å²) in [5, 5.41) is 11.0. The minimum atomic E-state index is -1.97. The largest absolute Gasteiger partial charge is 0.508 e. The van der Waals surface area contributed by atoms with Crippen LogP contribution in [0.5, 0.6) is 5.75 Å². The highest BCUT2D eigenvalue weighted by Gasteiger charge is 2.76. The maximum atomic E-state index is 14.3. The first-order chi connectivity index (χ1) is 22.1. The molecule has 12 heteroatoms. The van der Waals surface area contributed by atoms with Gasteiger partial charge in [0.05, 0.1) is 23.0 Å². The number of para-hydroxylation sites is 3. The fraction of sp³-hybridized carbons (Fsp3) is 0.265. The molecule has 6 unspecified atom stereocenters. The number of anilines is 1. The molecule has 8 rings (SSSR count). The minimum Gasteiger partial charge on any atom is -0.508 e. The number of fused-ring (bicyclic) bond motifs is 5. The van der Waals surface area contributed by atoms with E-state index in [4.69, 9.17) is 27.6 Å². The number of aromatic nitrogens is 1. The molecule has 2 aliphatic carbocycles. The zero-order chi connectivity index (χ0) is 32.1. The second-order valence-corrected chi connectivity index (χ2v) is 13.8. The summed E-state index contributed by atoms with van der Waals surface area (Å²) in [4.78, 5) is 58.6. The first-order valence-corrected chi connectivity index (χ1v) is 16.6. The third kappa shape index (κ3) is 3.77. The molecule has 2 aliphatic heterocycles. The SMILES string of the molecule is O=C1C2CC=C3C(CC4(Cl)C(=O)N(CBr)C(=O)C4(Cl)C3c3ccccc3O)C2C(=O)N1c1ccc(-c2nc3ccccc3o2)cc1. The molecule has 4 aliphatic rings. The first kappa shape index (κ1) is 29.4. The summed E-state index contributed by atoms with van der Waals surface area (Å²) in [6.07, 6.45) is 1.92. The number of nitrogens with zero attached hydrogens (tertiary/aromatic N) is 3. The van der Waals surface area contributed by atoms with Crippen LogP contribution in [0.1, 0.15) is 24.3 Å². The van der Waals surface area contributed by atoms with E-state index in [1.54, 1.807) is 42.5 Å². The number of aromatic hydroxyl groups is 1. The van der Waals surface area contributed by atoms with Gasteiger partial charge in [-0.1, -0.05) is 57.9 Å². The Hall–Kier alpha value is -3.99. The zero-order valence-corrected chi connectivity index (χ0v) is 27.0. The Kier molecular flexibility index (Phi) is 6.56. The molecule has 0 radical (unpaired) electrons. The van der Waals surface area contributed by atoms with Crippen molar-refractivity contribution in [2.24, 2.45) is 17.8 Å². The Morgan fingerprint density at radius 1 is 0.913 bits per heavy atom. The zero-order valence-electron chi connectivity index (χ0n) is 23.9. The predicted octanol–water partition coefficient (Wildman–Crippen LogP) is 6.12. The molecule has 3 heterocycles. The normalized spacial score (nSPS) is 30.5. The molecule has 0 spiro atoms. The van der Waals surface area contributed by atoms with Crippen LogP contribution < -0.4 is 4.90 Å². The van der Waals surface area contributed by atoms with Crippen LogP contribution in [0.15, 0.2) is 88.9 Å². The van der Waals surface area contributed by atoms with E-state index in [1.807, 2.05) is 30.3 Å². The number of allylic oxidation sites excluding steroid dienone is 2. The van der Waals surface area contributed by atoms with Crippen LogP contribution in [0.25, 0.3) is 22.6 Å². The van der Waals surface area contributed by atoms with Crippen molar-refractivity contribution >= 4 is 79.5 Å². The molecule has 9 nitrogen and oxygen atoms in total. The van der Waals surface area contributed by atoms with E-state index in [9.17, 15) is 24.3 Å². The third-order valence-electron chi connectivity index (χ3n) is 9.93. The Labute approximate surface area is 280 Å². The lowest BCUT2D eigenvalue weighted by molar-refractivity contribution is -0.138. The molecule has 3 fully saturated rings. The number of phenols is 1. The molecule has 3 aromatic carbocycles. The number of hydrogen-bond donors (Lipinski definition) is 1. The molecule has 2 saturated heterocycles. The molecule has 0 bridgehead atoms. The maximum absolute atomic E-state index is 14.3. The molecular formula is C34H24BrCl2N3O6. The Bertz CT molecular complexity index is 2000. The van der Waals surface area contributed by atoms with Gasteiger partial charge in [-0.05, 0) is 61.2 Å². The van der Waals surface area contributed by atoms with Gasteiger partial charge in [-0.25, -0.2) is 4.98 Å². The van der Waals surface area contributed by atoms with E-state index < -0.39 is 51.1 Å². The number of phenolic OH excluding ortho intramolecular Hbond substituents is 1. The number of hydrogen-bond acceptors (Lipinski definition) is 7. The molecule has 1 aromatic heterocycles. The number of alkyl halides is 3. The number of rotatable bonds is 4. The summed E-state index contributed by atoms with van der Waals surface area (Å²) in [6, 6.07) is 20.7. The molecule has 1 saturated carbocycles. The van der Waals surface area contributed by atoms with Crippen molar-refractivity contribution in [3.8, 4) is 17.2 Å². The lowest BCUT2D eigenvalue weighted by atomic mass is 9.56. The van der Waals surface area contributed by atoms with Crippen LogP contribution >= 0.6 is 39.1 Å². The van der Waals surface area contributed by atoms with E-state index in [-0.39, 0.29) is 30.0 Å². The second kappa shape index (κ2) is 10.3. The number of imide groups is 2. The summed E-state index contributed by atoms with van der Waals surface area (Å²) in [5.41, 5.74) is 3.24. The van der Waals surface area contributed by atoms with Crippen LogP contribution in [0.4, 0.5) is 5.69 Å². The number of carbonyl (C=O) groups excluding carboxylic acids is 4. The topological polar surface area (TPSA) is 121 Å². The summed E-state index contributed by atoms with van der Waals surface area (Å²) in [7, 11) is 0. The molecular weight excluding hydrogens is 697 g/mol. The monoisotopic (exact) mass is 719 g/mol.